The largest absolute Gasteiger partial charge is 0.412 e. The molecular weight excluding hydrogens is 331 g/mol. The first-order valence-electron chi connectivity index (χ1n) is 5.10. The van der Waals surface area contributed by atoms with E-state index in [1.165, 1.54) is 7.05 Å². The topological polar surface area (TPSA) is 41.6 Å². The number of benzene rings is 1. The van der Waals surface area contributed by atoms with E-state index in [0.29, 0.717) is 5.75 Å². The van der Waals surface area contributed by atoms with Crippen LogP contribution in [0.4, 0.5) is 10.5 Å². The maximum atomic E-state index is 11.1. The number of nitrogens with one attached hydrogen (secondary N) is 1. The molecule has 0 bridgehead atoms. The first kappa shape index (κ1) is 16.0. The van der Waals surface area contributed by atoms with E-state index in [0.717, 1.165) is 11.3 Å². The summed E-state index contributed by atoms with van der Waals surface area (Å²) in [7, 11) is 5.41. The van der Waals surface area contributed by atoms with Crippen LogP contribution in [0.5, 0.6) is 5.75 Å². The number of alkyl halides is 1. The van der Waals surface area contributed by atoms with Crippen LogP contribution in [-0.2, 0) is 0 Å². The Morgan fingerprint density at radius 2 is 1.94 bits per heavy atom. The summed E-state index contributed by atoms with van der Waals surface area (Å²) in [6.07, 6.45) is -0.450. The Hall–Kier alpha value is -0.980. The third kappa shape index (κ3) is 5.25. The minimum absolute atomic E-state index is 0.450. The van der Waals surface area contributed by atoms with Gasteiger partial charge in [0.15, 0.2) is 0 Å². The molecule has 0 saturated carbocycles. The summed E-state index contributed by atoms with van der Waals surface area (Å²) in [5, 5.41) is 2.41. The fraction of sp³-hybridized carbons (Fsp3) is 0.417. The number of anilines is 1. The molecule has 0 fully saturated rings. The Morgan fingerprint density at radius 1 is 1.35 bits per heavy atom. The van der Waals surface area contributed by atoms with Gasteiger partial charge in [0.1, 0.15) is 5.75 Å². The van der Waals surface area contributed by atoms with Gasteiger partial charge in [0, 0.05) is 32.9 Å². The van der Waals surface area contributed by atoms with Crippen LogP contribution in [0.3, 0.4) is 0 Å². The van der Waals surface area contributed by atoms with Gasteiger partial charge in [-0.1, -0.05) is 28.7 Å². The number of carbonyl (C=O) groups excluding carboxylic acids is 1. The van der Waals surface area contributed by atoms with Crippen LogP contribution in [0.1, 0.15) is 5.56 Å². The highest BCUT2D eigenvalue weighted by atomic mass is 127. The van der Waals surface area contributed by atoms with E-state index in [1.54, 1.807) is 0 Å². The van der Waals surface area contributed by atoms with E-state index < -0.39 is 6.09 Å². The summed E-state index contributed by atoms with van der Waals surface area (Å²) in [6.45, 7) is 1.90. The molecule has 0 heterocycles. The molecule has 1 N–H and O–H groups in total. The summed E-state index contributed by atoms with van der Waals surface area (Å²) in [5.74, 6) is 0.584. The number of carbonyl (C=O) groups is 1. The van der Waals surface area contributed by atoms with Gasteiger partial charge in [0.25, 0.3) is 0 Å². The Labute approximate surface area is 116 Å². The monoisotopic (exact) mass is 350 g/mol. The minimum atomic E-state index is -0.450. The van der Waals surface area contributed by atoms with Crippen molar-refractivity contribution in [2.75, 3.05) is 31.0 Å². The average Bonchev–Trinajstić information content (AvgIpc) is 2.34. The van der Waals surface area contributed by atoms with Crippen LogP contribution >= 0.6 is 22.6 Å². The van der Waals surface area contributed by atoms with Crippen molar-refractivity contribution >= 4 is 34.4 Å². The van der Waals surface area contributed by atoms with E-state index in [1.807, 2.05) is 49.0 Å². The smallest absolute Gasteiger partial charge is 0.410 e. The summed E-state index contributed by atoms with van der Waals surface area (Å²) in [4.78, 5) is 15.0. The number of ether oxygens (including phenoxy) is 1. The molecule has 5 heteroatoms. The molecule has 0 aromatic heterocycles. The molecule has 0 spiro atoms. The van der Waals surface area contributed by atoms with Gasteiger partial charge in [-0.05, 0) is 23.5 Å². The van der Waals surface area contributed by atoms with E-state index in [2.05, 4.69) is 27.9 Å². The average molecular weight is 350 g/mol. The Morgan fingerprint density at radius 3 is 2.41 bits per heavy atom. The molecule has 96 valence electrons. The molecule has 17 heavy (non-hydrogen) atoms. The lowest BCUT2D eigenvalue weighted by atomic mass is 10.2. The van der Waals surface area contributed by atoms with Crippen molar-refractivity contribution in [1.29, 1.82) is 0 Å². The van der Waals surface area contributed by atoms with Gasteiger partial charge in [0.2, 0.25) is 0 Å². The molecule has 1 rings (SSSR count). The maximum absolute atomic E-state index is 11.1. The molecule has 4 nitrogen and oxygen atoms in total. The summed E-state index contributed by atoms with van der Waals surface area (Å²) in [5.41, 5.74) is 1.93. The zero-order valence-corrected chi connectivity index (χ0v) is 13.0. The SMILES string of the molecule is CI.CNC(=O)Oc1cc(N(C)C)ccc1C. The van der Waals surface area contributed by atoms with Crippen molar-refractivity contribution in [3.8, 4) is 5.75 Å². The Balaban J connectivity index is 0.00000121. The molecule has 0 radical (unpaired) electrons. The fourth-order valence-electron chi connectivity index (χ4n) is 1.13. The number of rotatable bonds is 2. The van der Waals surface area contributed by atoms with Crippen LogP contribution < -0.4 is 15.0 Å². The maximum Gasteiger partial charge on any atom is 0.412 e. The van der Waals surface area contributed by atoms with Crippen LogP contribution in [-0.4, -0.2) is 32.2 Å². The zero-order chi connectivity index (χ0) is 13.4. The highest BCUT2D eigenvalue weighted by Gasteiger charge is 2.06. The second-order valence-corrected chi connectivity index (χ2v) is 3.48. The summed E-state index contributed by atoms with van der Waals surface area (Å²) < 4.78 is 5.11. The van der Waals surface area contributed by atoms with Crippen molar-refractivity contribution in [3.05, 3.63) is 23.8 Å². The quantitative estimate of drug-likeness (QED) is 0.659. The number of nitrogens with zero attached hydrogens (tertiary/aromatic N) is 1. The van der Waals surface area contributed by atoms with Crippen molar-refractivity contribution in [2.24, 2.45) is 0 Å². The number of amides is 1. The third-order valence-corrected chi connectivity index (χ3v) is 2.09. The van der Waals surface area contributed by atoms with Crippen molar-refractivity contribution in [2.45, 2.75) is 6.92 Å². The van der Waals surface area contributed by atoms with Crippen molar-refractivity contribution < 1.29 is 9.53 Å². The highest BCUT2D eigenvalue weighted by molar-refractivity contribution is 14.1. The number of aryl methyl sites for hydroxylation is 1. The first-order valence-corrected chi connectivity index (χ1v) is 7.25. The van der Waals surface area contributed by atoms with E-state index >= 15 is 0 Å². The lowest BCUT2D eigenvalue weighted by molar-refractivity contribution is 0.202. The van der Waals surface area contributed by atoms with E-state index in [9.17, 15) is 4.79 Å². The zero-order valence-electron chi connectivity index (χ0n) is 10.9. The standard InChI is InChI=1S/C11H16N2O2.CH3I/c1-8-5-6-9(13(3)4)7-10(8)15-11(14)12-2;1-2/h5-7H,1-4H3,(H,12,14);1H3. The normalized spacial score (nSPS) is 8.82. The number of halogens is 1. The first-order chi connectivity index (χ1) is 8.04. The molecule has 1 aromatic rings. The predicted molar refractivity (Wildman–Crippen MR) is 80.5 cm³/mol. The van der Waals surface area contributed by atoms with Crippen LogP contribution in [0.25, 0.3) is 0 Å². The van der Waals surface area contributed by atoms with E-state index in [-0.39, 0.29) is 0 Å². The Kier molecular flexibility index (Phi) is 7.69. The highest BCUT2D eigenvalue weighted by Crippen LogP contribution is 2.24. The molecular formula is C12H19IN2O2. The molecule has 0 aliphatic heterocycles. The van der Waals surface area contributed by atoms with Gasteiger partial charge >= 0.3 is 6.09 Å². The van der Waals surface area contributed by atoms with Crippen LogP contribution in [0, 0.1) is 6.92 Å². The minimum Gasteiger partial charge on any atom is -0.410 e. The van der Waals surface area contributed by atoms with Crippen LogP contribution in [0.2, 0.25) is 0 Å². The molecule has 0 aliphatic rings. The Bertz CT molecular complexity index is 368. The molecule has 0 atom stereocenters. The fourth-order valence-corrected chi connectivity index (χ4v) is 1.13. The van der Waals surface area contributed by atoms with Gasteiger partial charge in [0.05, 0.1) is 0 Å². The van der Waals surface area contributed by atoms with Crippen molar-refractivity contribution in [1.82, 2.24) is 5.32 Å². The number of hydrogen-bond acceptors (Lipinski definition) is 3. The van der Waals surface area contributed by atoms with Gasteiger partial charge in [-0.3, -0.25) is 0 Å². The summed E-state index contributed by atoms with van der Waals surface area (Å²) in [6, 6.07) is 5.74. The lowest BCUT2D eigenvalue weighted by Gasteiger charge is -2.15. The lowest BCUT2D eigenvalue weighted by Crippen LogP contribution is -2.22. The molecule has 0 unspecified atom stereocenters. The van der Waals surface area contributed by atoms with Crippen molar-refractivity contribution in [3.63, 3.8) is 0 Å². The predicted octanol–water partition coefficient (Wildman–Crippen LogP) is 2.83. The van der Waals surface area contributed by atoms with Gasteiger partial charge in [-0.15, -0.1) is 0 Å². The molecule has 1 aromatic carbocycles. The van der Waals surface area contributed by atoms with Crippen LogP contribution in [0.15, 0.2) is 18.2 Å². The summed E-state index contributed by atoms with van der Waals surface area (Å²) >= 11 is 2.15. The second kappa shape index (κ2) is 8.16. The molecule has 0 aliphatic carbocycles. The second-order valence-electron chi connectivity index (χ2n) is 3.48. The number of hydrogen-bond donors (Lipinski definition) is 1. The molecule has 1 amide bonds. The molecule has 0 saturated heterocycles. The van der Waals surface area contributed by atoms with Gasteiger partial charge < -0.3 is 15.0 Å². The van der Waals surface area contributed by atoms with Gasteiger partial charge in [-0.2, -0.15) is 0 Å². The van der Waals surface area contributed by atoms with Gasteiger partial charge in [-0.25, -0.2) is 4.79 Å². The third-order valence-electron chi connectivity index (χ3n) is 2.09. The van der Waals surface area contributed by atoms with E-state index in [4.69, 9.17) is 4.74 Å².